The summed E-state index contributed by atoms with van der Waals surface area (Å²) in [6.07, 6.45) is -1.80. The lowest BCUT2D eigenvalue weighted by atomic mass is 10.2. The molecule has 2 aromatic rings. The average molecular weight is 462 g/mol. The van der Waals surface area contributed by atoms with Crippen LogP contribution in [0.25, 0.3) is 0 Å². The Morgan fingerprint density at radius 2 is 2.10 bits per heavy atom. The highest BCUT2D eigenvalue weighted by Crippen LogP contribution is 2.34. The van der Waals surface area contributed by atoms with E-state index in [1.807, 2.05) is 0 Å². The van der Waals surface area contributed by atoms with Crippen molar-refractivity contribution in [3.63, 3.8) is 0 Å². The zero-order valence-electron chi connectivity index (χ0n) is 15.8. The average Bonchev–Trinajstić information content (AvgIpc) is 3.16. The number of benzene rings is 1. The first-order valence-corrected chi connectivity index (χ1v) is 10.6. The molecule has 0 unspecified atom stereocenters. The second kappa shape index (κ2) is 9.40. The predicted octanol–water partition coefficient (Wildman–Crippen LogP) is 3.52. The van der Waals surface area contributed by atoms with Crippen LogP contribution < -0.4 is 11.0 Å². The quantitative estimate of drug-likeness (QED) is 0.487. The molecule has 1 amide bonds. The van der Waals surface area contributed by atoms with E-state index in [2.05, 4.69) is 10.3 Å². The van der Waals surface area contributed by atoms with Gasteiger partial charge in [-0.2, -0.15) is 18.2 Å². The molecule has 0 radical (unpaired) electrons. The van der Waals surface area contributed by atoms with Crippen LogP contribution in [0.3, 0.4) is 0 Å². The van der Waals surface area contributed by atoms with E-state index in [0.717, 1.165) is 60.5 Å². The Kier molecular flexibility index (Phi) is 7.10. The number of aliphatic hydroxyl groups is 1. The normalized spacial score (nSPS) is 13.4. The number of alkyl halides is 3. The van der Waals surface area contributed by atoms with Gasteiger partial charge < -0.3 is 10.4 Å². The van der Waals surface area contributed by atoms with E-state index in [-0.39, 0.29) is 23.1 Å². The minimum Gasteiger partial charge on any atom is -0.396 e. The van der Waals surface area contributed by atoms with Crippen molar-refractivity contribution in [3.8, 4) is 0 Å². The Labute approximate surface area is 179 Å². The Balaban J connectivity index is 1.72. The SMILES string of the molecule is O=C(CSc1nc(=O)n(CCCO)c2c1CCC2)Nc1cc(C(F)(F)F)ccc1Cl. The first-order valence-electron chi connectivity index (χ1n) is 9.23. The standard InChI is InChI=1S/C19H19ClF3N3O3S/c20-13-6-5-11(19(21,22)23)9-14(13)24-16(28)10-30-17-12-3-1-4-15(12)26(7-2-8-27)18(29)25-17/h5-6,9,27H,1-4,7-8,10H2,(H,24,28). The fourth-order valence-corrected chi connectivity index (χ4v) is 4.32. The van der Waals surface area contributed by atoms with Gasteiger partial charge in [-0.15, -0.1) is 0 Å². The van der Waals surface area contributed by atoms with Gasteiger partial charge in [-0.1, -0.05) is 23.4 Å². The Hall–Kier alpha value is -2.04. The van der Waals surface area contributed by atoms with E-state index in [4.69, 9.17) is 16.7 Å². The molecule has 1 aromatic heterocycles. The lowest BCUT2D eigenvalue weighted by molar-refractivity contribution is -0.137. The number of carbonyl (C=O) groups excluding carboxylic acids is 1. The Morgan fingerprint density at radius 1 is 1.33 bits per heavy atom. The van der Waals surface area contributed by atoms with Gasteiger partial charge in [0, 0.05) is 24.4 Å². The second-order valence-corrected chi connectivity index (χ2v) is 8.11. The molecule has 0 saturated carbocycles. The van der Waals surface area contributed by atoms with E-state index < -0.39 is 23.3 Å². The van der Waals surface area contributed by atoms with Crippen molar-refractivity contribution in [1.29, 1.82) is 0 Å². The molecule has 1 aliphatic rings. The zero-order chi connectivity index (χ0) is 21.9. The predicted molar refractivity (Wildman–Crippen MR) is 108 cm³/mol. The molecule has 6 nitrogen and oxygen atoms in total. The Bertz CT molecular complexity index is 1010. The topological polar surface area (TPSA) is 84.2 Å². The van der Waals surface area contributed by atoms with E-state index in [0.29, 0.717) is 18.0 Å². The summed E-state index contributed by atoms with van der Waals surface area (Å²) in [5, 5.41) is 11.8. The maximum absolute atomic E-state index is 12.9. The molecule has 2 N–H and O–H groups in total. The van der Waals surface area contributed by atoms with Crippen LogP contribution >= 0.6 is 23.4 Å². The summed E-state index contributed by atoms with van der Waals surface area (Å²) >= 11 is 6.97. The molecule has 162 valence electrons. The molecule has 0 atom stereocenters. The van der Waals surface area contributed by atoms with Crippen LogP contribution in [-0.2, 0) is 30.4 Å². The molecular weight excluding hydrogens is 443 g/mol. The molecule has 1 aliphatic carbocycles. The van der Waals surface area contributed by atoms with Crippen molar-refractivity contribution in [1.82, 2.24) is 9.55 Å². The highest BCUT2D eigenvalue weighted by Gasteiger charge is 2.31. The van der Waals surface area contributed by atoms with Crippen LogP contribution in [0.15, 0.2) is 28.0 Å². The van der Waals surface area contributed by atoms with Crippen LogP contribution in [0.2, 0.25) is 5.02 Å². The van der Waals surface area contributed by atoms with Gasteiger partial charge in [0.25, 0.3) is 0 Å². The second-order valence-electron chi connectivity index (χ2n) is 6.74. The summed E-state index contributed by atoms with van der Waals surface area (Å²) in [6, 6.07) is 2.70. The maximum atomic E-state index is 12.9. The Morgan fingerprint density at radius 3 is 2.80 bits per heavy atom. The van der Waals surface area contributed by atoms with Crippen molar-refractivity contribution >= 4 is 35.0 Å². The number of hydrogen-bond donors (Lipinski definition) is 2. The van der Waals surface area contributed by atoms with Crippen molar-refractivity contribution in [3.05, 3.63) is 50.5 Å². The third-order valence-corrected chi connectivity index (χ3v) is 6.00. The molecule has 0 bridgehead atoms. The number of halogens is 4. The molecule has 0 aliphatic heterocycles. The van der Waals surface area contributed by atoms with Crippen molar-refractivity contribution in [2.45, 2.75) is 43.4 Å². The van der Waals surface area contributed by atoms with Gasteiger partial charge >= 0.3 is 11.9 Å². The lowest BCUT2D eigenvalue weighted by Gasteiger charge is -2.14. The minimum absolute atomic E-state index is 0.00755. The summed E-state index contributed by atoms with van der Waals surface area (Å²) in [4.78, 5) is 28.7. The number of hydrogen-bond acceptors (Lipinski definition) is 5. The third-order valence-electron chi connectivity index (χ3n) is 4.65. The highest BCUT2D eigenvalue weighted by atomic mass is 35.5. The summed E-state index contributed by atoms with van der Waals surface area (Å²) < 4.78 is 40.2. The summed E-state index contributed by atoms with van der Waals surface area (Å²) in [7, 11) is 0. The summed E-state index contributed by atoms with van der Waals surface area (Å²) in [5.74, 6) is -0.689. The number of fused-ring (bicyclic) bond motifs is 1. The van der Waals surface area contributed by atoms with Gasteiger partial charge in [0.2, 0.25) is 5.91 Å². The number of amides is 1. The molecule has 1 heterocycles. The fraction of sp³-hybridized carbons (Fsp3) is 0.421. The van der Waals surface area contributed by atoms with Gasteiger partial charge in [-0.25, -0.2) is 4.79 Å². The van der Waals surface area contributed by atoms with Crippen molar-refractivity contribution in [2.24, 2.45) is 0 Å². The summed E-state index contributed by atoms with van der Waals surface area (Å²) in [5.41, 5.74) is 0.290. The molecule has 0 saturated heterocycles. The smallest absolute Gasteiger partial charge is 0.396 e. The first kappa shape index (κ1) is 22.6. The number of rotatable bonds is 7. The third kappa shape index (κ3) is 5.16. The highest BCUT2D eigenvalue weighted by molar-refractivity contribution is 8.00. The monoisotopic (exact) mass is 461 g/mol. The van der Waals surface area contributed by atoms with E-state index >= 15 is 0 Å². The van der Waals surface area contributed by atoms with Gasteiger partial charge in [-0.3, -0.25) is 9.36 Å². The number of nitrogens with zero attached hydrogens (tertiary/aromatic N) is 2. The van der Waals surface area contributed by atoms with E-state index in [1.165, 1.54) is 0 Å². The first-order chi connectivity index (χ1) is 14.2. The van der Waals surface area contributed by atoms with Gasteiger partial charge in [0.05, 0.1) is 22.0 Å². The number of aliphatic hydroxyl groups excluding tert-OH is 1. The van der Waals surface area contributed by atoms with E-state index in [9.17, 15) is 22.8 Å². The molecule has 1 aromatic carbocycles. The van der Waals surface area contributed by atoms with Crippen LogP contribution in [-0.4, -0.2) is 32.9 Å². The number of anilines is 1. The molecule has 3 rings (SSSR count). The molecule has 0 spiro atoms. The van der Waals surface area contributed by atoms with Gasteiger partial charge in [0.1, 0.15) is 5.03 Å². The minimum atomic E-state index is -4.55. The lowest BCUT2D eigenvalue weighted by Crippen LogP contribution is -2.28. The number of thioether (sulfide) groups is 1. The molecule has 11 heteroatoms. The number of nitrogens with one attached hydrogen (secondary N) is 1. The van der Waals surface area contributed by atoms with Gasteiger partial charge in [0.15, 0.2) is 0 Å². The molecule has 30 heavy (non-hydrogen) atoms. The number of aromatic nitrogens is 2. The largest absolute Gasteiger partial charge is 0.416 e. The van der Waals surface area contributed by atoms with Crippen molar-refractivity contribution < 1.29 is 23.1 Å². The summed E-state index contributed by atoms with van der Waals surface area (Å²) in [6.45, 7) is 0.347. The van der Waals surface area contributed by atoms with Crippen LogP contribution in [0.5, 0.6) is 0 Å². The number of carbonyl (C=O) groups is 1. The molecular formula is C19H19ClF3N3O3S. The van der Waals surface area contributed by atoms with E-state index in [1.54, 1.807) is 4.57 Å². The maximum Gasteiger partial charge on any atom is 0.416 e. The zero-order valence-corrected chi connectivity index (χ0v) is 17.3. The van der Waals surface area contributed by atoms with Crippen LogP contribution in [0, 0.1) is 0 Å². The fourth-order valence-electron chi connectivity index (χ4n) is 3.28. The van der Waals surface area contributed by atoms with Crippen LogP contribution in [0.1, 0.15) is 29.7 Å². The van der Waals surface area contributed by atoms with Crippen LogP contribution in [0.4, 0.5) is 18.9 Å². The molecule has 0 fully saturated rings. The van der Waals surface area contributed by atoms with Crippen molar-refractivity contribution in [2.75, 3.05) is 17.7 Å². The van der Waals surface area contributed by atoms with Gasteiger partial charge in [-0.05, 0) is 43.9 Å².